The van der Waals surface area contributed by atoms with Crippen molar-refractivity contribution < 1.29 is 14.7 Å². The Balaban J connectivity index is 2.63. The molecule has 5 nitrogen and oxygen atoms in total. The lowest BCUT2D eigenvalue weighted by Crippen LogP contribution is -2.40. The largest absolute Gasteiger partial charge is 0.479 e. The topological polar surface area (TPSA) is 78.4 Å². The van der Waals surface area contributed by atoms with Gasteiger partial charge in [0.25, 0.3) is 0 Å². The first-order chi connectivity index (χ1) is 9.00. The van der Waals surface area contributed by atoms with Crippen LogP contribution in [0, 0.1) is 0 Å². The number of nitrogens with one attached hydrogen (secondary N) is 2. The number of hydrogen-bond donors (Lipinski definition) is 3. The van der Waals surface area contributed by atoms with Gasteiger partial charge < -0.3 is 15.7 Å². The fourth-order valence-corrected chi connectivity index (χ4v) is 1.46. The van der Waals surface area contributed by atoms with Crippen molar-refractivity contribution in [1.82, 2.24) is 10.6 Å². The molecule has 0 radical (unpaired) electrons. The van der Waals surface area contributed by atoms with Crippen LogP contribution in [0.2, 0.25) is 0 Å². The number of hydrogen-bond acceptors (Lipinski definition) is 2. The van der Waals surface area contributed by atoms with Crippen molar-refractivity contribution in [1.29, 1.82) is 0 Å². The summed E-state index contributed by atoms with van der Waals surface area (Å²) in [7, 11) is 0. The van der Waals surface area contributed by atoms with E-state index in [0.29, 0.717) is 12.1 Å². The molecule has 0 heterocycles. The highest BCUT2D eigenvalue weighted by Gasteiger charge is 2.21. The predicted octanol–water partition coefficient (Wildman–Crippen LogP) is 2.08. The van der Waals surface area contributed by atoms with E-state index in [1.807, 2.05) is 19.9 Å². The van der Waals surface area contributed by atoms with Crippen LogP contribution in [0.5, 0.6) is 0 Å². The van der Waals surface area contributed by atoms with Gasteiger partial charge >= 0.3 is 12.0 Å². The first-order valence-electron chi connectivity index (χ1n) is 5.96. The van der Waals surface area contributed by atoms with Crippen LogP contribution < -0.4 is 10.6 Å². The number of allylic oxidation sites excluding steroid dienone is 1. The summed E-state index contributed by atoms with van der Waals surface area (Å²) in [6.45, 7) is 4.21. The highest BCUT2D eigenvalue weighted by atomic mass is 16.4. The summed E-state index contributed by atoms with van der Waals surface area (Å²) in [6, 6.07) is 7.02. The van der Waals surface area contributed by atoms with Crippen molar-refractivity contribution in [2.45, 2.75) is 19.9 Å². The van der Waals surface area contributed by atoms with E-state index in [9.17, 15) is 9.59 Å². The molecule has 1 aromatic carbocycles. The summed E-state index contributed by atoms with van der Waals surface area (Å²) >= 11 is 0. The van der Waals surface area contributed by atoms with Crippen LogP contribution >= 0.6 is 0 Å². The van der Waals surface area contributed by atoms with E-state index >= 15 is 0 Å². The molecule has 3 N–H and O–H groups in total. The maximum absolute atomic E-state index is 11.6. The molecule has 0 saturated heterocycles. The Kier molecular flexibility index (Phi) is 5.60. The zero-order valence-corrected chi connectivity index (χ0v) is 11.0. The molecular formula is C14H18N2O3. The van der Waals surface area contributed by atoms with Crippen LogP contribution in [0.4, 0.5) is 4.79 Å². The molecule has 0 spiro atoms. The van der Waals surface area contributed by atoms with E-state index in [1.165, 1.54) is 0 Å². The number of carbonyl (C=O) groups is 2. The van der Waals surface area contributed by atoms with Gasteiger partial charge in [-0.25, -0.2) is 9.59 Å². The molecule has 0 aliphatic carbocycles. The van der Waals surface area contributed by atoms with Gasteiger partial charge in [-0.3, -0.25) is 0 Å². The lowest BCUT2D eigenvalue weighted by molar-refractivity contribution is -0.139. The third-order valence-electron chi connectivity index (χ3n) is 2.43. The average Bonchev–Trinajstić information content (AvgIpc) is 2.36. The molecule has 102 valence electrons. The van der Waals surface area contributed by atoms with Crippen LogP contribution in [0.1, 0.15) is 25.5 Å². The highest BCUT2D eigenvalue weighted by molar-refractivity contribution is 5.83. The molecule has 0 aliphatic heterocycles. The Labute approximate surface area is 112 Å². The van der Waals surface area contributed by atoms with Gasteiger partial charge in [0, 0.05) is 6.54 Å². The smallest absolute Gasteiger partial charge is 0.330 e. The van der Waals surface area contributed by atoms with Crippen molar-refractivity contribution in [3.8, 4) is 0 Å². The normalized spacial score (nSPS) is 11.3. The molecule has 1 aromatic rings. The lowest BCUT2D eigenvalue weighted by atomic mass is 10.1. The van der Waals surface area contributed by atoms with Crippen LogP contribution in [-0.4, -0.2) is 23.7 Å². The second-order valence-corrected chi connectivity index (χ2v) is 4.32. The van der Waals surface area contributed by atoms with E-state index in [1.54, 1.807) is 30.3 Å². The summed E-state index contributed by atoms with van der Waals surface area (Å²) in [5.41, 5.74) is 1.62. The Morgan fingerprint density at radius 1 is 1.26 bits per heavy atom. The summed E-state index contributed by atoms with van der Waals surface area (Å²) in [6.07, 6.45) is 1.85. The second kappa shape index (κ2) is 7.20. The monoisotopic (exact) mass is 262 g/mol. The lowest BCUT2D eigenvalue weighted by Gasteiger charge is -2.15. The molecule has 1 atom stereocenters. The molecule has 5 heteroatoms. The summed E-state index contributed by atoms with van der Waals surface area (Å²) < 4.78 is 0. The van der Waals surface area contributed by atoms with Gasteiger partial charge in [-0.1, -0.05) is 42.0 Å². The predicted molar refractivity (Wildman–Crippen MR) is 72.8 cm³/mol. The minimum absolute atomic E-state index is 0.370. The van der Waals surface area contributed by atoms with Crippen molar-refractivity contribution in [3.05, 3.63) is 47.5 Å². The number of carbonyl (C=O) groups excluding carboxylic acids is 1. The van der Waals surface area contributed by atoms with Gasteiger partial charge in [0.2, 0.25) is 0 Å². The molecule has 1 rings (SSSR count). The van der Waals surface area contributed by atoms with E-state index < -0.39 is 18.0 Å². The molecule has 0 fully saturated rings. The van der Waals surface area contributed by atoms with Gasteiger partial charge in [0.05, 0.1) is 0 Å². The quantitative estimate of drug-likeness (QED) is 0.711. The van der Waals surface area contributed by atoms with E-state index in [4.69, 9.17) is 5.11 Å². The average molecular weight is 262 g/mol. The van der Waals surface area contributed by atoms with Crippen molar-refractivity contribution >= 4 is 12.0 Å². The van der Waals surface area contributed by atoms with E-state index in [2.05, 4.69) is 10.6 Å². The number of carboxylic acid groups (broad SMARTS) is 1. The molecule has 0 bridgehead atoms. The van der Waals surface area contributed by atoms with Gasteiger partial charge in [-0.2, -0.15) is 0 Å². The molecule has 2 amide bonds. The number of aliphatic carboxylic acids is 1. The number of rotatable bonds is 5. The molecular weight excluding hydrogens is 244 g/mol. The van der Waals surface area contributed by atoms with Gasteiger partial charge in [-0.05, 0) is 19.4 Å². The number of carboxylic acids is 1. The third-order valence-corrected chi connectivity index (χ3v) is 2.43. The zero-order valence-electron chi connectivity index (χ0n) is 11.0. The van der Waals surface area contributed by atoms with Gasteiger partial charge in [0.15, 0.2) is 6.04 Å². The second-order valence-electron chi connectivity index (χ2n) is 4.32. The molecule has 1 unspecified atom stereocenters. The Bertz CT molecular complexity index is 465. The fraction of sp³-hybridized carbons (Fsp3) is 0.286. The Morgan fingerprint density at radius 3 is 2.42 bits per heavy atom. The standard InChI is InChI=1S/C14H18N2O3/c1-10(2)8-9-15-14(19)16-12(13(17)18)11-6-4-3-5-7-11/h3-8,12H,9H2,1-2H3,(H,17,18)(H2,15,16,19). The SMILES string of the molecule is CC(C)=CCNC(=O)NC(C(=O)O)c1ccccc1. The summed E-state index contributed by atoms with van der Waals surface area (Å²) in [4.78, 5) is 22.8. The number of benzene rings is 1. The van der Waals surface area contributed by atoms with Crippen LogP contribution in [0.25, 0.3) is 0 Å². The van der Waals surface area contributed by atoms with Crippen molar-refractivity contribution in [3.63, 3.8) is 0 Å². The Morgan fingerprint density at radius 2 is 1.89 bits per heavy atom. The Hall–Kier alpha value is -2.30. The van der Waals surface area contributed by atoms with Crippen molar-refractivity contribution in [2.24, 2.45) is 0 Å². The van der Waals surface area contributed by atoms with E-state index in [-0.39, 0.29) is 0 Å². The van der Waals surface area contributed by atoms with Crippen LogP contribution in [0.15, 0.2) is 42.0 Å². The minimum Gasteiger partial charge on any atom is -0.479 e. The number of amides is 2. The molecule has 0 aliphatic rings. The number of urea groups is 1. The summed E-state index contributed by atoms with van der Waals surface area (Å²) in [5, 5.41) is 14.1. The van der Waals surface area contributed by atoms with Crippen LogP contribution in [-0.2, 0) is 4.79 Å². The molecule has 19 heavy (non-hydrogen) atoms. The minimum atomic E-state index is -1.09. The fourth-order valence-electron chi connectivity index (χ4n) is 1.46. The zero-order chi connectivity index (χ0) is 14.3. The first-order valence-corrected chi connectivity index (χ1v) is 5.96. The highest BCUT2D eigenvalue weighted by Crippen LogP contribution is 2.12. The van der Waals surface area contributed by atoms with Crippen LogP contribution in [0.3, 0.4) is 0 Å². The maximum Gasteiger partial charge on any atom is 0.330 e. The van der Waals surface area contributed by atoms with Crippen molar-refractivity contribution in [2.75, 3.05) is 6.54 Å². The maximum atomic E-state index is 11.6. The third kappa shape index (κ3) is 5.25. The molecule has 0 saturated carbocycles. The van der Waals surface area contributed by atoms with Gasteiger partial charge in [0.1, 0.15) is 0 Å². The summed E-state index contributed by atoms with van der Waals surface area (Å²) in [5.74, 6) is -1.09. The van der Waals surface area contributed by atoms with E-state index in [0.717, 1.165) is 5.57 Å². The van der Waals surface area contributed by atoms with Gasteiger partial charge in [-0.15, -0.1) is 0 Å². The molecule has 0 aromatic heterocycles. The first kappa shape index (κ1) is 14.8.